The molecule has 0 fully saturated rings. The number of hydrogen-bond acceptors (Lipinski definition) is 2. The lowest BCUT2D eigenvalue weighted by Gasteiger charge is -2.26. The van der Waals surface area contributed by atoms with Crippen molar-refractivity contribution in [2.24, 2.45) is 5.41 Å². The van der Waals surface area contributed by atoms with Crippen LogP contribution in [-0.4, -0.2) is 42.1 Å². The first-order valence-corrected chi connectivity index (χ1v) is 7.00. The van der Waals surface area contributed by atoms with Crippen LogP contribution in [0.2, 0.25) is 0 Å². The van der Waals surface area contributed by atoms with Crippen LogP contribution >= 0.6 is 0 Å². The Bertz CT molecular complexity index is 506. The van der Waals surface area contributed by atoms with Gasteiger partial charge in [-0.3, -0.25) is 0 Å². The highest BCUT2D eigenvalue weighted by atomic mass is 16.4. The summed E-state index contributed by atoms with van der Waals surface area (Å²) in [5.74, 6) is -0.939. The molecule has 5 nitrogen and oxygen atoms in total. The molecule has 5 heteroatoms. The molecule has 116 valence electrons. The third-order valence-electron chi connectivity index (χ3n) is 2.92. The minimum absolute atomic E-state index is 0.0574. The standard InChI is InChI=1S/C16H24N2O3/c1-16(2,3)11-18(4)15(21)17-9-8-12-6-5-7-13(10-12)14(19)20/h5-7,10H,8-9,11H2,1-4H3,(H,17,21)(H,19,20). The minimum atomic E-state index is -0.939. The summed E-state index contributed by atoms with van der Waals surface area (Å²) in [4.78, 5) is 24.4. The summed E-state index contributed by atoms with van der Waals surface area (Å²) in [6, 6.07) is 6.65. The number of nitrogens with zero attached hydrogens (tertiary/aromatic N) is 1. The maximum atomic E-state index is 11.9. The van der Waals surface area contributed by atoms with E-state index in [0.717, 1.165) is 5.56 Å². The summed E-state index contributed by atoms with van der Waals surface area (Å²) in [6.45, 7) is 7.39. The Morgan fingerprint density at radius 2 is 1.95 bits per heavy atom. The molecule has 2 amide bonds. The number of carbonyl (C=O) groups is 2. The predicted octanol–water partition coefficient (Wildman–Crippen LogP) is 2.61. The van der Waals surface area contributed by atoms with E-state index in [2.05, 4.69) is 26.1 Å². The van der Waals surface area contributed by atoms with Crippen LogP contribution in [0, 0.1) is 5.41 Å². The molecule has 0 aliphatic heterocycles. The summed E-state index contributed by atoms with van der Waals surface area (Å²) >= 11 is 0. The number of amides is 2. The Morgan fingerprint density at radius 1 is 1.29 bits per heavy atom. The second kappa shape index (κ2) is 7.11. The quantitative estimate of drug-likeness (QED) is 0.876. The van der Waals surface area contributed by atoms with Crippen molar-refractivity contribution >= 4 is 12.0 Å². The van der Waals surface area contributed by atoms with Crippen LogP contribution in [0.3, 0.4) is 0 Å². The number of carbonyl (C=O) groups excluding carboxylic acids is 1. The van der Waals surface area contributed by atoms with E-state index in [0.29, 0.717) is 19.5 Å². The highest BCUT2D eigenvalue weighted by molar-refractivity contribution is 5.87. The molecule has 1 aromatic carbocycles. The molecule has 0 saturated heterocycles. The fourth-order valence-electron chi connectivity index (χ4n) is 2.09. The van der Waals surface area contributed by atoms with Gasteiger partial charge in [0.05, 0.1) is 5.56 Å². The van der Waals surface area contributed by atoms with Gasteiger partial charge in [0, 0.05) is 20.1 Å². The molecule has 0 atom stereocenters. The molecule has 0 aliphatic carbocycles. The van der Waals surface area contributed by atoms with Gasteiger partial charge in [-0.1, -0.05) is 32.9 Å². The van der Waals surface area contributed by atoms with Crippen LogP contribution in [0.1, 0.15) is 36.7 Å². The van der Waals surface area contributed by atoms with Gasteiger partial charge in [-0.05, 0) is 29.5 Å². The molecule has 0 radical (unpaired) electrons. The Hall–Kier alpha value is -2.04. The maximum absolute atomic E-state index is 11.9. The Morgan fingerprint density at radius 3 is 2.52 bits per heavy atom. The van der Waals surface area contributed by atoms with Gasteiger partial charge < -0.3 is 15.3 Å². The molecule has 21 heavy (non-hydrogen) atoms. The van der Waals surface area contributed by atoms with Crippen molar-refractivity contribution in [1.82, 2.24) is 10.2 Å². The fraction of sp³-hybridized carbons (Fsp3) is 0.500. The summed E-state index contributed by atoms with van der Waals surface area (Å²) in [7, 11) is 1.77. The molecule has 0 aromatic heterocycles. The van der Waals surface area contributed by atoms with Gasteiger partial charge in [-0.25, -0.2) is 9.59 Å². The Kier molecular flexibility index (Phi) is 5.76. The topological polar surface area (TPSA) is 69.6 Å². The van der Waals surface area contributed by atoms with Crippen LogP contribution in [0.5, 0.6) is 0 Å². The van der Waals surface area contributed by atoms with Crippen LogP contribution in [0.4, 0.5) is 4.79 Å². The van der Waals surface area contributed by atoms with Crippen LogP contribution in [0.15, 0.2) is 24.3 Å². The SMILES string of the molecule is CN(CC(C)(C)C)C(=O)NCCc1cccc(C(=O)O)c1. The van der Waals surface area contributed by atoms with Crippen molar-refractivity contribution in [1.29, 1.82) is 0 Å². The minimum Gasteiger partial charge on any atom is -0.478 e. The van der Waals surface area contributed by atoms with E-state index in [-0.39, 0.29) is 17.0 Å². The number of rotatable bonds is 5. The van der Waals surface area contributed by atoms with Gasteiger partial charge in [-0.15, -0.1) is 0 Å². The lowest BCUT2D eigenvalue weighted by molar-refractivity contribution is 0.0696. The third-order valence-corrected chi connectivity index (χ3v) is 2.92. The van der Waals surface area contributed by atoms with Crippen molar-refractivity contribution in [3.63, 3.8) is 0 Å². The first kappa shape index (κ1) is 17.0. The maximum Gasteiger partial charge on any atom is 0.335 e. The molecule has 0 unspecified atom stereocenters. The molecular weight excluding hydrogens is 268 g/mol. The van der Waals surface area contributed by atoms with Crippen LogP contribution < -0.4 is 5.32 Å². The average molecular weight is 292 g/mol. The molecule has 1 rings (SSSR count). The van der Waals surface area contributed by atoms with E-state index in [1.165, 1.54) is 0 Å². The lowest BCUT2D eigenvalue weighted by atomic mass is 9.96. The Balaban J connectivity index is 2.44. The highest BCUT2D eigenvalue weighted by Gasteiger charge is 2.17. The normalized spacial score (nSPS) is 11.0. The summed E-state index contributed by atoms with van der Waals surface area (Å²) in [6.07, 6.45) is 0.607. The van der Waals surface area contributed by atoms with Crippen molar-refractivity contribution in [3.8, 4) is 0 Å². The zero-order chi connectivity index (χ0) is 16.0. The summed E-state index contributed by atoms with van der Waals surface area (Å²) < 4.78 is 0. The van der Waals surface area contributed by atoms with Gasteiger partial charge in [0.2, 0.25) is 0 Å². The van der Waals surface area contributed by atoms with Crippen LogP contribution in [0.25, 0.3) is 0 Å². The van der Waals surface area contributed by atoms with Crippen LogP contribution in [-0.2, 0) is 6.42 Å². The molecule has 1 aromatic rings. The number of benzene rings is 1. The second-order valence-electron chi connectivity index (χ2n) is 6.40. The first-order valence-electron chi connectivity index (χ1n) is 7.00. The van der Waals surface area contributed by atoms with E-state index in [1.54, 1.807) is 30.1 Å². The molecule has 2 N–H and O–H groups in total. The van der Waals surface area contributed by atoms with Crippen molar-refractivity contribution in [2.75, 3.05) is 20.1 Å². The van der Waals surface area contributed by atoms with Crippen molar-refractivity contribution in [3.05, 3.63) is 35.4 Å². The van der Waals surface area contributed by atoms with E-state index in [1.807, 2.05) is 6.07 Å². The first-order chi connectivity index (χ1) is 9.69. The third kappa shape index (κ3) is 6.29. The number of carboxylic acid groups (broad SMARTS) is 1. The van der Waals surface area contributed by atoms with E-state index >= 15 is 0 Å². The lowest BCUT2D eigenvalue weighted by Crippen LogP contribution is -2.42. The van der Waals surface area contributed by atoms with Gasteiger partial charge in [-0.2, -0.15) is 0 Å². The molecule has 0 heterocycles. The van der Waals surface area contributed by atoms with Gasteiger partial charge in [0.1, 0.15) is 0 Å². The highest BCUT2D eigenvalue weighted by Crippen LogP contribution is 2.14. The van der Waals surface area contributed by atoms with E-state index in [4.69, 9.17) is 5.11 Å². The fourth-order valence-corrected chi connectivity index (χ4v) is 2.09. The Labute approximate surface area is 126 Å². The monoisotopic (exact) mass is 292 g/mol. The molecule has 0 saturated carbocycles. The molecular formula is C16H24N2O3. The molecule has 0 spiro atoms. The smallest absolute Gasteiger partial charge is 0.335 e. The van der Waals surface area contributed by atoms with E-state index in [9.17, 15) is 9.59 Å². The van der Waals surface area contributed by atoms with Gasteiger partial charge >= 0.3 is 12.0 Å². The summed E-state index contributed by atoms with van der Waals surface area (Å²) in [5.41, 5.74) is 1.22. The number of urea groups is 1. The molecule has 0 aliphatic rings. The average Bonchev–Trinajstić information content (AvgIpc) is 2.37. The zero-order valence-electron chi connectivity index (χ0n) is 13.1. The van der Waals surface area contributed by atoms with Crippen molar-refractivity contribution in [2.45, 2.75) is 27.2 Å². The summed E-state index contributed by atoms with van der Waals surface area (Å²) in [5, 5.41) is 11.8. The number of nitrogens with one attached hydrogen (secondary N) is 1. The predicted molar refractivity (Wildman–Crippen MR) is 82.6 cm³/mol. The number of aromatic carboxylic acids is 1. The number of carboxylic acids is 1. The van der Waals surface area contributed by atoms with Crippen molar-refractivity contribution < 1.29 is 14.7 Å². The van der Waals surface area contributed by atoms with E-state index < -0.39 is 5.97 Å². The van der Waals surface area contributed by atoms with Gasteiger partial charge in [0.15, 0.2) is 0 Å². The number of hydrogen-bond donors (Lipinski definition) is 2. The van der Waals surface area contributed by atoms with Gasteiger partial charge in [0.25, 0.3) is 0 Å². The zero-order valence-corrected chi connectivity index (χ0v) is 13.1. The second-order valence-corrected chi connectivity index (χ2v) is 6.40. The largest absolute Gasteiger partial charge is 0.478 e. The molecule has 0 bridgehead atoms.